The van der Waals surface area contributed by atoms with Gasteiger partial charge in [-0.05, 0) is 93.9 Å². The molecule has 0 aliphatic rings. The maximum absolute atomic E-state index is 14.1. The van der Waals surface area contributed by atoms with E-state index in [1.165, 1.54) is 17.0 Å². The van der Waals surface area contributed by atoms with Gasteiger partial charge in [0.05, 0.1) is 10.6 Å². The Labute approximate surface area is 274 Å². The highest BCUT2D eigenvalue weighted by Crippen LogP contribution is 2.29. The van der Waals surface area contributed by atoms with E-state index in [1.807, 2.05) is 39.0 Å². The number of benzene rings is 4. The lowest BCUT2D eigenvalue weighted by atomic mass is 10.1. The Hall–Kier alpha value is -4.05. The lowest BCUT2D eigenvalue weighted by Gasteiger charge is -2.32. The Morgan fingerprint density at radius 2 is 1.47 bits per heavy atom. The first kappa shape index (κ1) is 33.8. The molecule has 0 heterocycles. The van der Waals surface area contributed by atoms with Gasteiger partial charge in [0, 0.05) is 22.6 Å². The number of para-hydroxylation sites is 1. The summed E-state index contributed by atoms with van der Waals surface area (Å²) in [5, 5.41) is 3.56. The summed E-state index contributed by atoms with van der Waals surface area (Å²) in [5.74, 6) is 0.114. The van der Waals surface area contributed by atoms with E-state index in [0.29, 0.717) is 27.1 Å². The fraction of sp³-hybridized carbons (Fsp3) is 0.235. The van der Waals surface area contributed by atoms with Gasteiger partial charge in [-0.1, -0.05) is 65.2 Å². The van der Waals surface area contributed by atoms with E-state index in [0.717, 1.165) is 9.87 Å². The third-order valence-electron chi connectivity index (χ3n) is 6.95. The molecular weight excluding hydrogens is 633 g/mol. The number of nitrogens with zero attached hydrogens (tertiary/aromatic N) is 2. The van der Waals surface area contributed by atoms with E-state index < -0.39 is 34.4 Å². The van der Waals surface area contributed by atoms with E-state index in [1.54, 1.807) is 73.7 Å². The van der Waals surface area contributed by atoms with Crippen LogP contribution in [0.15, 0.2) is 102 Å². The number of aryl methyl sites for hydroxylation is 1. The number of rotatable bonds is 12. The molecule has 4 aromatic rings. The second-order valence-electron chi connectivity index (χ2n) is 10.8. The number of hydrogen-bond acceptors (Lipinski definition) is 5. The van der Waals surface area contributed by atoms with E-state index >= 15 is 0 Å². The van der Waals surface area contributed by atoms with Crippen LogP contribution in [-0.4, -0.2) is 43.8 Å². The van der Waals surface area contributed by atoms with Crippen LogP contribution in [0.2, 0.25) is 10.0 Å². The number of amides is 2. The van der Waals surface area contributed by atoms with Crippen LogP contribution in [0.25, 0.3) is 0 Å². The Kier molecular flexibility index (Phi) is 11.1. The highest BCUT2D eigenvalue weighted by atomic mass is 35.5. The highest BCUT2D eigenvalue weighted by molar-refractivity contribution is 7.92. The van der Waals surface area contributed by atoms with Crippen molar-refractivity contribution in [2.75, 3.05) is 10.8 Å². The highest BCUT2D eigenvalue weighted by Gasteiger charge is 2.33. The molecule has 1 N–H and O–H groups in total. The van der Waals surface area contributed by atoms with Crippen LogP contribution in [-0.2, 0) is 26.2 Å². The Balaban J connectivity index is 1.72. The van der Waals surface area contributed by atoms with Gasteiger partial charge in [0.1, 0.15) is 24.1 Å². The molecule has 0 saturated heterocycles. The zero-order valence-electron chi connectivity index (χ0n) is 25.4. The van der Waals surface area contributed by atoms with Crippen molar-refractivity contribution in [2.24, 2.45) is 0 Å². The second-order valence-corrected chi connectivity index (χ2v) is 13.5. The standard InChI is InChI=1S/C34H35Cl2N3O5S/c1-23(2)37-34(41)25(4)38(21-26-12-13-27(35)20-32(26)36)33(40)22-39(45(42,43)31-18-10-24(3)11-19-31)28-14-16-30(17-15-28)44-29-8-6-5-7-9-29/h5-20,23,25H,21-22H2,1-4H3,(H,37,41)/t25-/m1/s1. The Morgan fingerprint density at radius 1 is 0.844 bits per heavy atom. The van der Waals surface area contributed by atoms with Crippen molar-refractivity contribution < 1.29 is 22.7 Å². The van der Waals surface area contributed by atoms with Crippen LogP contribution in [0, 0.1) is 6.92 Å². The summed E-state index contributed by atoms with van der Waals surface area (Å²) in [6.45, 7) is 6.44. The first-order valence-electron chi connectivity index (χ1n) is 14.3. The monoisotopic (exact) mass is 667 g/mol. The van der Waals surface area contributed by atoms with Crippen molar-refractivity contribution in [3.8, 4) is 11.5 Å². The SMILES string of the molecule is Cc1ccc(S(=O)(=O)N(CC(=O)N(Cc2ccc(Cl)cc2Cl)[C@H](C)C(=O)NC(C)C)c2ccc(Oc3ccccc3)cc2)cc1. The molecule has 2 amide bonds. The summed E-state index contributed by atoms with van der Waals surface area (Å²) in [6.07, 6.45) is 0. The Morgan fingerprint density at radius 3 is 2.07 bits per heavy atom. The van der Waals surface area contributed by atoms with Crippen LogP contribution >= 0.6 is 23.2 Å². The van der Waals surface area contributed by atoms with E-state index in [9.17, 15) is 18.0 Å². The molecule has 0 spiro atoms. The average molecular weight is 669 g/mol. The largest absolute Gasteiger partial charge is 0.457 e. The Bertz CT molecular complexity index is 1730. The maximum Gasteiger partial charge on any atom is 0.264 e. The number of carbonyl (C=O) groups is 2. The van der Waals surface area contributed by atoms with Gasteiger partial charge in [-0.25, -0.2) is 8.42 Å². The lowest BCUT2D eigenvalue weighted by Crippen LogP contribution is -2.52. The molecule has 8 nitrogen and oxygen atoms in total. The molecule has 4 aromatic carbocycles. The molecule has 236 valence electrons. The number of ether oxygens (including phenoxy) is 1. The normalized spacial score (nSPS) is 12.0. The van der Waals surface area contributed by atoms with E-state index in [2.05, 4.69) is 5.32 Å². The predicted octanol–water partition coefficient (Wildman–Crippen LogP) is 7.23. The maximum atomic E-state index is 14.1. The number of sulfonamides is 1. The van der Waals surface area contributed by atoms with Crippen molar-refractivity contribution in [1.82, 2.24) is 10.2 Å². The van der Waals surface area contributed by atoms with Gasteiger partial charge in [-0.3, -0.25) is 13.9 Å². The fourth-order valence-corrected chi connectivity index (χ4v) is 6.37. The third-order valence-corrected chi connectivity index (χ3v) is 9.32. The second kappa shape index (κ2) is 14.8. The zero-order valence-corrected chi connectivity index (χ0v) is 27.7. The number of carbonyl (C=O) groups excluding carboxylic acids is 2. The summed E-state index contributed by atoms with van der Waals surface area (Å²) in [4.78, 5) is 28.6. The molecule has 0 radical (unpaired) electrons. The molecule has 0 aliphatic heterocycles. The fourth-order valence-electron chi connectivity index (χ4n) is 4.49. The predicted molar refractivity (Wildman–Crippen MR) is 178 cm³/mol. The minimum absolute atomic E-state index is 0.0170. The molecule has 11 heteroatoms. The van der Waals surface area contributed by atoms with Gasteiger partial charge in [-0.2, -0.15) is 0 Å². The van der Waals surface area contributed by atoms with Gasteiger partial charge in [0.2, 0.25) is 11.8 Å². The number of nitrogens with one attached hydrogen (secondary N) is 1. The summed E-state index contributed by atoms with van der Waals surface area (Å²) < 4.78 is 35.1. The molecular formula is C34H35Cl2N3O5S. The van der Waals surface area contributed by atoms with Gasteiger partial charge in [-0.15, -0.1) is 0 Å². The quantitative estimate of drug-likeness (QED) is 0.172. The van der Waals surface area contributed by atoms with Crippen molar-refractivity contribution >= 4 is 50.7 Å². The van der Waals surface area contributed by atoms with Crippen molar-refractivity contribution in [1.29, 1.82) is 0 Å². The summed E-state index contributed by atoms with van der Waals surface area (Å²) >= 11 is 12.5. The smallest absolute Gasteiger partial charge is 0.264 e. The number of anilines is 1. The average Bonchev–Trinajstić information content (AvgIpc) is 3.00. The molecule has 0 aliphatic carbocycles. The minimum Gasteiger partial charge on any atom is -0.457 e. The summed E-state index contributed by atoms with van der Waals surface area (Å²) in [5.41, 5.74) is 1.68. The summed E-state index contributed by atoms with van der Waals surface area (Å²) in [6, 6.07) is 25.7. The van der Waals surface area contributed by atoms with E-state index in [-0.39, 0.29) is 23.2 Å². The molecule has 0 fully saturated rings. The van der Waals surface area contributed by atoms with Gasteiger partial charge in [0.15, 0.2) is 0 Å². The van der Waals surface area contributed by atoms with Crippen LogP contribution in [0.4, 0.5) is 5.69 Å². The van der Waals surface area contributed by atoms with Gasteiger partial charge >= 0.3 is 0 Å². The molecule has 4 rings (SSSR count). The first-order valence-corrected chi connectivity index (χ1v) is 16.5. The van der Waals surface area contributed by atoms with Crippen LogP contribution in [0.1, 0.15) is 31.9 Å². The van der Waals surface area contributed by atoms with Crippen LogP contribution in [0.3, 0.4) is 0 Å². The lowest BCUT2D eigenvalue weighted by molar-refractivity contribution is -0.139. The van der Waals surface area contributed by atoms with Crippen molar-refractivity contribution in [2.45, 2.75) is 51.2 Å². The molecule has 1 atom stereocenters. The number of hydrogen-bond donors (Lipinski definition) is 1. The molecule has 0 unspecified atom stereocenters. The van der Waals surface area contributed by atoms with Crippen molar-refractivity contribution in [3.05, 3.63) is 118 Å². The first-order chi connectivity index (χ1) is 21.3. The zero-order chi connectivity index (χ0) is 32.7. The molecule has 0 saturated carbocycles. The molecule has 45 heavy (non-hydrogen) atoms. The molecule has 0 bridgehead atoms. The van der Waals surface area contributed by atoms with E-state index in [4.69, 9.17) is 27.9 Å². The molecule has 0 aromatic heterocycles. The number of halogens is 2. The third kappa shape index (κ3) is 8.78. The summed E-state index contributed by atoms with van der Waals surface area (Å²) in [7, 11) is -4.22. The topological polar surface area (TPSA) is 96.0 Å². The van der Waals surface area contributed by atoms with Crippen LogP contribution < -0.4 is 14.4 Å². The van der Waals surface area contributed by atoms with Crippen molar-refractivity contribution in [3.63, 3.8) is 0 Å². The minimum atomic E-state index is -4.22. The van der Waals surface area contributed by atoms with Gasteiger partial charge < -0.3 is 15.0 Å². The van der Waals surface area contributed by atoms with Crippen LogP contribution in [0.5, 0.6) is 11.5 Å². The van der Waals surface area contributed by atoms with Gasteiger partial charge in [0.25, 0.3) is 10.0 Å².